The molecule has 0 aliphatic carbocycles. The number of nitrogens with zero attached hydrogens (tertiary/aromatic N) is 3. The molecule has 172 valence electrons. The molecule has 0 bridgehead atoms. The van der Waals surface area contributed by atoms with Gasteiger partial charge in [-0.1, -0.05) is 12.1 Å². The molecule has 0 atom stereocenters. The van der Waals surface area contributed by atoms with Crippen molar-refractivity contribution in [3.8, 4) is 28.5 Å². The molecule has 0 saturated carbocycles. The van der Waals surface area contributed by atoms with Gasteiger partial charge in [0, 0.05) is 30.4 Å². The van der Waals surface area contributed by atoms with Crippen molar-refractivity contribution < 1.29 is 32.5 Å². The Labute approximate surface area is 188 Å². The monoisotopic (exact) mass is 479 g/mol. The lowest BCUT2D eigenvalue weighted by Gasteiger charge is -2.10. The Bertz CT molecular complexity index is 1340. The number of methoxy groups -OCH3 is 1. The maximum atomic E-state index is 12.7. The Morgan fingerprint density at radius 1 is 1.12 bits per heavy atom. The van der Waals surface area contributed by atoms with Gasteiger partial charge in [0.2, 0.25) is 0 Å². The Morgan fingerprint density at radius 2 is 1.73 bits per heavy atom. The maximum absolute atomic E-state index is 12.7. The minimum Gasteiger partial charge on any atom is -0.493 e. The fourth-order valence-electron chi connectivity index (χ4n) is 2.73. The number of hydrogen-bond acceptors (Lipinski definition) is 7. The number of benzene rings is 1. The van der Waals surface area contributed by atoms with Gasteiger partial charge < -0.3 is 14.6 Å². The van der Waals surface area contributed by atoms with Crippen molar-refractivity contribution in [1.82, 2.24) is 14.8 Å². The van der Waals surface area contributed by atoms with Gasteiger partial charge in [-0.25, -0.2) is 9.48 Å². The number of aromatic nitrogens is 3. The zero-order chi connectivity index (χ0) is 24.2. The number of para-hydroxylation sites is 2. The molecule has 1 N–H and O–H groups in total. The van der Waals surface area contributed by atoms with Gasteiger partial charge in [0.05, 0.1) is 12.5 Å². The third-order valence-corrected chi connectivity index (χ3v) is 5.21. The summed E-state index contributed by atoms with van der Waals surface area (Å²) in [5.41, 5.74) is 1.61. The van der Waals surface area contributed by atoms with Crippen molar-refractivity contribution in [2.75, 3.05) is 7.11 Å². The molecule has 0 radical (unpaired) electrons. The molecule has 3 heterocycles. The first-order valence-corrected chi connectivity index (χ1v) is 10.0. The van der Waals surface area contributed by atoms with Gasteiger partial charge in [-0.15, -0.1) is 16.4 Å². The van der Waals surface area contributed by atoms with Crippen LogP contribution in [0.4, 0.5) is 13.2 Å². The van der Waals surface area contributed by atoms with Gasteiger partial charge in [-0.2, -0.15) is 13.2 Å². The van der Waals surface area contributed by atoms with E-state index in [-0.39, 0.29) is 5.56 Å². The van der Waals surface area contributed by atoms with Crippen LogP contribution >= 0.6 is 11.3 Å². The zero-order valence-corrected chi connectivity index (χ0v) is 18.0. The summed E-state index contributed by atoms with van der Waals surface area (Å²) >= 11 is 1.43. The first kappa shape index (κ1) is 23.7. The normalized spacial score (nSPS) is 10.9. The average molecular weight is 479 g/mol. The van der Waals surface area contributed by atoms with E-state index in [1.54, 1.807) is 32.6 Å². The molecule has 8 nitrogen and oxygen atoms in total. The summed E-state index contributed by atoms with van der Waals surface area (Å²) in [6.45, 7) is 0. The number of carbonyl (C=O) groups is 1. The quantitative estimate of drug-likeness (QED) is 0.460. The van der Waals surface area contributed by atoms with Crippen LogP contribution < -0.4 is 15.0 Å². The highest BCUT2D eigenvalue weighted by atomic mass is 32.1. The number of aryl methyl sites for hydroxylation is 1. The Morgan fingerprint density at radius 3 is 2.30 bits per heavy atom. The van der Waals surface area contributed by atoms with E-state index in [1.165, 1.54) is 16.0 Å². The van der Waals surface area contributed by atoms with Crippen LogP contribution in [0, 0.1) is 0 Å². The molecule has 0 aliphatic heterocycles. The molecule has 4 aromatic rings. The molecule has 0 saturated heterocycles. The molecule has 0 unspecified atom stereocenters. The number of carboxylic acids is 1. The highest BCUT2D eigenvalue weighted by molar-refractivity contribution is 7.18. The van der Waals surface area contributed by atoms with Crippen molar-refractivity contribution in [1.29, 1.82) is 0 Å². The van der Waals surface area contributed by atoms with E-state index in [0.29, 0.717) is 27.5 Å². The summed E-state index contributed by atoms with van der Waals surface area (Å²) < 4.78 is 45.1. The number of halogens is 3. The summed E-state index contributed by atoms with van der Waals surface area (Å²) in [6.07, 6.45) is -1.67. The van der Waals surface area contributed by atoms with E-state index in [4.69, 9.17) is 19.4 Å². The van der Waals surface area contributed by atoms with Crippen LogP contribution in [0.3, 0.4) is 0 Å². The van der Waals surface area contributed by atoms with E-state index in [2.05, 4.69) is 10.1 Å². The lowest BCUT2D eigenvalue weighted by Crippen LogP contribution is -2.21. The number of ether oxygens (including phenoxy) is 2. The van der Waals surface area contributed by atoms with Crippen molar-refractivity contribution in [3.63, 3.8) is 0 Å². The maximum Gasteiger partial charge on any atom is 0.490 e. The molecule has 33 heavy (non-hydrogen) atoms. The first-order chi connectivity index (χ1) is 15.6. The smallest absolute Gasteiger partial charge is 0.490 e. The van der Waals surface area contributed by atoms with Gasteiger partial charge in [-0.05, 0) is 29.8 Å². The summed E-state index contributed by atoms with van der Waals surface area (Å²) in [5.74, 6) is -1.24. The minimum absolute atomic E-state index is 0.166. The van der Waals surface area contributed by atoms with E-state index >= 15 is 0 Å². The molecular formula is C21H16F3N3O5S. The highest BCUT2D eigenvalue weighted by Gasteiger charge is 2.38. The zero-order valence-electron chi connectivity index (χ0n) is 17.2. The molecule has 4 rings (SSSR count). The van der Waals surface area contributed by atoms with E-state index in [0.717, 1.165) is 11.1 Å². The topological polar surface area (TPSA) is 104 Å². The molecule has 0 fully saturated rings. The summed E-state index contributed by atoms with van der Waals surface area (Å²) in [5, 5.41) is 14.0. The molecule has 1 aromatic carbocycles. The second-order valence-corrected chi connectivity index (χ2v) is 7.26. The van der Waals surface area contributed by atoms with Gasteiger partial charge in [0.15, 0.2) is 11.5 Å². The standard InChI is InChI=1S/C19H15N3O3S.C2HF3O2/c1-22-19(23)16-13(12-7-9-20-10-8-12)11-26-17(16)18(21-22)25-15-6-4-3-5-14(15)24-2;3-2(4,5)1(6)7/h3-11H,1-2H3;(H,6,7). The first-order valence-electron chi connectivity index (χ1n) is 9.13. The molecule has 12 heteroatoms. The SMILES string of the molecule is COc1ccccc1Oc1nn(C)c(=O)c2c(-c3ccncc3)csc12.O=C(O)C(F)(F)F. The van der Waals surface area contributed by atoms with Gasteiger partial charge >= 0.3 is 12.1 Å². The Kier molecular flexibility index (Phi) is 6.97. The largest absolute Gasteiger partial charge is 0.493 e. The van der Waals surface area contributed by atoms with Crippen LogP contribution in [-0.4, -0.2) is 39.1 Å². The van der Waals surface area contributed by atoms with Crippen LogP contribution in [0.5, 0.6) is 17.4 Å². The predicted molar refractivity (Wildman–Crippen MR) is 115 cm³/mol. The van der Waals surface area contributed by atoms with Crippen molar-refractivity contribution in [2.24, 2.45) is 7.05 Å². The van der Waals surface area contributed by atoms with Gasteiger partial charge in [0.25, 0.3) is 11.4 Å². The number of thiophene rings is 1. The fraction of sp³-hybridized carbons (Fsp3) is 0.143. The van der Waals surface area contributed by atoms with Crippen LogP contribution in [-0.2, 0) is 11.8 Å². The van der Waals surface area contributed by atoms with Crippen LogP contribution in [0.25, 0.3) is 21.2 Å². The van der Waals surface area contributed by atoms with Crippen molar-refractivity contribution in [3.05, 3.63) is 64.5 Å². The summed E-state index contributed by atoms with van der Waals surface area (Å²) in [6, 6.07) is 11.1. The Balaban J connectivity index is 0.000000383. The Hall–Kier alpha value is -3.93. The summed E-state index contributed by atoms with van der Waals surface area (Å²) in [4.78, 5) is 25.7. The summed E-state index contributed by atoms with van der Waals surface area (Å²) in [7, 11) is 3.20. The molecule has 0 spiro atoms. The van der Waals surface area contributed by atoms with Crippen LogP contribution in [0.15, 0.2) is 59.0 Å². The average Bonchev–Trinajstić information content (AvgIpc) is 3.24. The third-order valence-electron chi connectivity index (χ3n) is 4.24. The number of aliphatic carboxylic acids is 1. The number of pyridine rings is 1. The molecule has 0 aliphatic rings. The second kappa shape index (κ2) is 9.69. The number of rotatable bonds is 4. The lowest BCUT2D eigenvalue weighted by molar-refractivity contribution is -0.192. The van der Waals surface area contributed by atoms with Crippen molar-refractivity contribution >= 4 is 27.4 Å². The van der Waals surface area contributed by atoms with E-state index in [1.807, 2.05) is 35.7 Å². The molecule has 3 aromatic heterocycles. The minimum atomic E-state index is -5.08. The fourth-order valence-corrected chi connectivity index (χ4v) is 3.72. The van der Waals surface area contributed by atoms with E-state index < -0.39 is 12.1 Å². The van der Waals surface area contributed by atoms with E-state index in [9.17, 15) is 18.0 Å². The van der Waals surface area contributed by atoms with Crippen molar-refractivity contribution in [2.45, 2.75) is 6.18 Å². The number of carboxylic acid groups (broad SMARTS) is 1. The second-order valence-electron chi connectivity index (χ2n) is 6.38. The molecular weight excluding hydrogens is 463 g/mol. The third kappa shape index (κ3) is 5.29. The highest BCUT2D eigenvalue weighted by Crippen LogP contribution is 2.38. The van der Waals surface area contributed by atoms with Crippen LogP contribution in [0.1, 0.15) is 0 Å². The van der Waals surface area contributed by atoms with Gasteiger partial charge in [-0.3, -0.25) is 9.78 Å². The number of hydrogen-bond donors (Lipinski definition) is 1. The predicted octanol–water partition coefficient (Wildman–Crippen LogP) is 4.49. The van der Waals surface area contributed by atoms with Gasteiger partial charge in [0.1, 0.15) is 4.70 Å². The van der Waals surface area contributed by atoms with Crippen LogP contribution in [0.2, 0.25) is 0 Å². The molecule has 0 amide bonds. The number of fused-ring (bicyclic) bond motifs is 1. The number of alkyl halides is 3. The lowest BCUT2D eigenvalue weighted by atomic mass is 10.1.